The van der Waals surface area contributed by atoms with Crippen molar-refractivity contribution in [3.05, 3.63) is 40.8 Å². The van der Waals surface area contributed by atoms with Crippen LogP contribution in [0.4, 0.5) is 4.39 Å². The summed E-state index contributed by atoms with van der Waals surface area (Å²) in [7, 11) is 0. The van der Waals surface area contributed by atoms with Crippen molar-refractivity contribution in [1.82, 2.24) is 4.98 Å². The molecule has 1 aromatic carbocycles. The summed E-state index contributed by atoms with van der Waals surface area (Å²) in [5.74, 6) is -1.50. The van der Waals surface area contributed by atoms with Crippen molar-refractivity contribution >= 4 is 29.3 Å². The molecule has 3 nitrogen and oxygen atoms in total. The molecule has 1 atom stereocenters. The Kier molecular flexibility index (Phi) is 3.45. The van der Waals surface area contributed by atoms with Gasteiger partial charge in [-0.2, -0.15) is 0 Å². The van der Waals surface area contributed by atoms with Crippen LogP contribution in [0.5, 0.6) is 0 Å². The molecule has 1 N–H and O–H groups in total. The number of halogens is 2. The second-order valence-electron chi connectivity index (χ2n) is 4.77. The smallest absolute Gasteiger partial charge is 0.307 e. The highest BCUT2D eigenvalue weighted by Gasteiger charge is 2.30. The van der Waals surface area contributed by atoms with E-state index in [1.807, 2.05) is 6.92 Å². The van der Waals surface area contributed by atoms with E-state index in [1.54, 1.807) is 6.07 Å². The van der Waals surface area contributed by atoms with Crippen LogP contribution in [0.25, 0.3) is 10.9 Å². The molecule has 1 unspecified atom stereocenters. The van der Waals surface area contributed by atoms with Crippen LogP contribution in [0.3, 0.4) is 0 Å². The number of nitrogens with zero attached hydrogens (tertiary/aromatic N) is 1. The highest BCUT2D eigenvalue weighted by atomic mass is 35.5. The zero-order valence-electron chi connectivity index (χ0n) is 10.3. The standard InChI is InChI=1S/C14H12FNO2.ClH/c1-7-10-3-2-9(15)6-13(10)16-12-5-8(14(17)18)4-11(7)12;/h2-3,6,8H,4-5H2,1H3,(H,17,18);1H. The summed E-state index contributed by atoms with van der Waals surface area (Å²) in [5.41, 5.74) is 3.45. The lowest BCUT2D eigenvalue weighted by atomic mass is 10.0. The molecule has 100 valence electrons. The predicted molar refractivity (Wildman–Crippen MR) is 72.2 cm³/mol. The first-order valence-corrected chi connectivity index (χ1v) is 5.86. The monoisotopic (exact) mass is 281 g/mol. The van der Waals surface area contributed by atoms with Gasteiger partial charge < -0.3 is 5.11 Å². The molecule has 0 bridgehead atoms. The zero-order chi connectivity index (χ0) is 12.9. The van der Waals surface area contributed by atoms with Crippen molar-refractivity contribution in [2.75, 3.05) is 0 Å². The van der Waals surface area contributed by atoms with Gasteiger partial charge in [-0.15, -0.1) is 12.4 Å². The molecule has 0 saturated heterocycles. The minimum Gasteiger partial charge on any atom is -0.481 e. The van der Waals surface area contributed by atoms with E-state index >= 15 is 0 Å². The van der Waals surface area contributed by atoms with Crippen molar-refractivity contribution in [2.45, 2.75) is 19.8 Å². The summed E-state index contributed by atoms with van der Waals surface area (Å²) < 4.78 is 13.2. The normalized spacial score (nSPS) is 17.1. The summed E-state index contributed by atoms with van der Waals surface area (Å²) in [5, 5.41) is 9.97. The second kappa shape index (κ2) is 4.78. The number of carboxylic acid groups (broad SMARTS) is 1. The minimum atomic E-state index is -0.789. The first-order valence-electron chi connectivity index (χ1n) is 5.86. The van der Waals surface area contributed by atoms with Crippen LogP contribution >= 0.6 is 12.4 Å². The van der Waals surface area contributed by atoms with Crippen LogP contribution in [-0.2, 0) is 17.6 Å². The van der Waals surface area contributed by atoms with E-state index in [1.165, 1.54) is 12.1 Å². The maximum atomic E-state index is 13.2. The van der Waals surface area contributed by atoms with Gasteiger partial charge in [0.25, 0.3) is 0 Å². The van der Waals surface area contributed by atoms with E-state index in [4.69, 9.17) is 5.11 Å². The predicted octanol–water partition coefficient (Wildman–Crippen LogP) is 2.90. The summed E-state index contributed by atoms with van der Waals surface area (Å²) in [4.78, 5) is 15.4. The van der Waals surface area contributed by atoms with Gasteiger partial charge >= 0.3 is 5.97 Å². The van der Waals surface area contributed by atoms with Crippen LogP contribution in [0.2, 0.25) is 0 Å². The van der Waals surface area contributed by atoms with Crippen LogP contribution in [0.1, 0.15) is 16.8 Å². The van der Waals surface area contributed by atoms with Gasteiger partial charge in [-0.3, -0.25) is 9.78 Å². The number of carbonyl (C=O) groups is 1. The number of pyridine rings is 1. The highest BCUT2D eigenvalue weighted by molar-refractivity contribution is 5.85. The molecular weight excluding hydrogens is 269 g/mol. The third-order valence-electron chi connectivity index (χ3n) is 3.66. The molecule has 5 heteroatoms. The molecule has 1 aliphatic carbocycles. The first kappa shape index (κ1) is 13.7. The Labute approximate surface area is 115 Å². The number of aromatic nitrogens is 1. The molecule has 0 saturated carbocycles. The van der Waals surface area contributed by atoms with Crippen LogP contribution < -0.4 is 0 Å². The summed E-state index contributed by atoms with van der Waals surface area (Å²) in [6.07, 6.45) is 0.967. The Morgan fingerprint density at radius 2 is 2.16 bits per heavy atom. The van der Waals surface area contributed by atoms with E-state index in [0.29, 0.717) is 18.4 Å². The quantitative estimate of drug-likeness (QED) is 0.874. The van der Waals surface area contributed by atoms with Gasteiger partial charge in [-0.1, -0.05) is 0 Å². The zero-order valence-corrected chi connectivity index (χ0v) is 11.1. The van der Waals surface area contributed by atoms with Crippen LogP contribution in [-0.4, -0.2) is 16.1 Å². The minimum absolute atomic E-state index is 0. The van der Waals surface area contributed by atoms with E-state index in [9.17, 15) is 9.18 Å². The molecule has 0 amide bonds. The third-order valence-corrected chi connectivity index (χ3v) is 3.66. The van der Waals surface area contributed by atoms with Gasteiger partial charge in [0, 0.05) is 23.6 Å². The number of aliphatic carboxylic acids is 1. The Balaban J connectivity index is 0.00000133. The Bertz CT molecular complexity index is 672. The van der Waals surface area contributed by atoms with Gasteiger partial charge in [0.1, 0.15) is 5.82 Å². The first-order chi connectivity index (χ1) is 8.56. The molecule has 1 heterocycles. The number of benzene rings is 1. The van der Waals surface area contributed by atoms with Crippen molar-refractivity contribution in [2.24, 2.45) is 5.92 Å². The largest absolute Gasteiger partial charge is 0.481 e. The van der Waals surface area contributed by atoms with Gasteiger partial charge in [-0.25, -0.2) is 4.39 Å². The highest BCUT2D eigenvalue weighted by Crippen LogP contribution is 2.32. The summed E-state index contributed by atoms with van der Waals surface area (Å²) in [6.45, 7) is 1.95. The van der Waals surface area contributed by atoms with Crippen molar-refractivity contribution in [1.29, 1.82) is 0 Å². The topological polar surface area (TPSA) is 50.2 Å². The fourth-order valence-electron chi connectivity index (χ4n) is 2.67. The molecule has 19 heavy (non-hydrogen) atoms. The molecular formula is C14H13ClFNO2. The lowest BCUT2D eigenvalue weighted by molar-refractivity contribution is -0.141. The lowest BCUT2D eigenvalue weighted by Gasteiger charge is -2.07. The fraction of sp³-hybridized carbons (Fsp3) is 0.286. The average molecular weight is 282 g/mol. The number of hydrogen-bond donors (Lipinski definition) is 1. The van der Waals surface area contributed by atoms with Crippen molar-refractivity contribution < 1.29 is 14.3 Å². The van der Waals surface area contributed by atoms with Crippen molar-refractivity contribution in [3.63, 3.8) is 0 Å². The van der Waals surface area contributed by atoms with E-state index in [0.717, 1.165) is 22.2 Å². The van der Waals surface area contributed by atoms with Crippen LogP contribution in [0, 0.1) is 18.7 Å². The van der Waals surface area contributed by atoms with E-state index in [-0.39, 0.29) is 18.2 Å². The van der Waals surface area contributed by atoms with Gasteiger partial charge in [0.2, 0.25) is 0 Å². The third kappa shape index (κ3) is 2.16. The number of fused-ring (bicyclic) bond motifs is 2. The maximum absolute atomic E-state index is 13.2. The number of aryl methyl sites for hydroxylation is 1. The van der Waals surface area contributed by atoms with E-state index in [2.05, 4.69) is 4.98 Å². The Morgan fingerprint density at radius 3 is 2.84 bits per heavy atom. The molecule has 0 aliphatic heterocycles. The van der Waals surface area contributed by atoms with Gasteiger partial charge in [0.05, 0.1) is 11.4 Å². The molecule has 2 aromatic rings. The Morgan fingerprint density at radius 1 is 1.42 bits per heavy atom. The van der Waals surface area contributed by atoms with Gasteiger partial charge in [0.15, 0.2) is 0 Å². The Hall–Kier alpha value is -1.68. The number of rotatable bonds is 1. The number of hydrogen-bond acceptors (Lipinski definition) is 2. The van der Waals surface area contributed by atoms with Gasteiger partial charge in [-0.05, 0) is 36.6 Å². The number of carboxylic acids is 1. The fourth-order valence-corrected chi connectivity index (χ4v) is 2.67. The molecule has 1 aliphatic rings. The molecule has 3 rings (SSSR count). The molecule has 0 radical (unpaired) electrons. The van der Waals surface area contributed by atoms with E-state index < -0.39 is 11.9 Å². The average Bonchev–Trinajstić information content (AvgIpc) is 2.73. The summed E-state index contributed by atoms with van der Waals surface area (Å²) >= 11 is 0. The second-order valence-corrected chi connectivity index (χ2v) is 4.77. The molecule has 1 aromatic heterocycles. The van der Waals surface area contributed by atoms with Crippen molar-refractivity contribution in [3.8, 4) is 0 Å². The molecule has 0 fully saturated rings. The summed E-state index contributed by atoms with van der Waals surface area (Å²) in [6, 6.07) is 4.52. The van der Waals surface area contributed by atoms with Crippen LogP contribution in [0.15, 0.2) is 18.2 Å². The SMILES string of the molecule is Cc1c2c(nc3cc(F)ccc13)CC(C(=O)O)C2.Cl. The molecule has 0 spiro atoms. The maximum Gasteiger partial charge on any atom is 0.307 e. The lowest BCUT2D eigenvalue weighted by Crippen LogP contribution is -2.13.